The Balaban J connectivity index is 1.69. The third-order valence-corrected chi connectivity index (χ3v) is 5.69. The molecule has 0 spiro atoms. The second-order valence-electron chi connectivity index (χ2n) is 5.86. The lowest BCUT2D eigenvalue weighted by molar-refractivity contribution is -0.137. The first-order valence-corrected chi connectivity index (χ1v) is 9.61. The number of nitrogens with zero attached hydrogens (tertiary/aromatic N) is 1. The van der Waals surface area contributed by atoms with Gasteiger partial charge in [-0.05, 0) is 60.0 Å². The zero-order valence-corrected chi connectivity index (χ0v) is 16.0. The second kappa shape index (κ2) is 7.80. The second-order valence-corrected chi connectivity index (χ2v) is 7.80. The third kappa shape index (κ3) is 4.45. The lowest BCUT2D eigenvalue weighted by Gasteiger charge is -2.13. The first kappa shape index (κ1) is 20.2. The van der Waals surface area contributed by atoms with Crippen molar-refractivity contribution in [1.82, 2.24) is 4.90 Å². The highest BCUT2D eigenvalue weighted by Crippen LogP contribution is 2.34. The molecule has 1 aliphatic rings. The number of carbonyl (C=O) groups excluding carboxylic acids is 3. The standard InChI is InChI=1S/C18H13F3N2O3S2/c1-10-5-6-27-13(10)8-14-16(25)23(17(26)28-14)9-15(24)22-12-4-2-3-11(7-12)18(19,20)21/h2-8H,9H2,1H3,(H,22,24)/b14-8-. The summed E-state index contributed by atoms with van der Waals surface area (Å²) in [6.45, 7) is 1.29. The van der Waals surface area contributed by atoms with Crippen LogP contribution < -0.4 is 5.32 Å². The summed E-state index contributed by atoms with van der Waals surface area (Å²) in [6, 6.07) is 5.99. The molecule has 10 heteroatoms. The topological polar surface area (TPSA) is 66.5 Å². The van der Waals surface area contributed by atoms with Crippen molar-refractivity contribution in [2.75, 3.05) is 11.9 Å². The SMILES string of the molecule is Cc1ccsc1/C=C1\SC(=O)N(CC(=O)Nc2cccc(C(F)(F)F)c2)C1=O. The fraction of sp³-hybridized carbons (Fsp3) is 0.167. The number of aryl methyl sites for hydroxylation is 1. The van der Waals surface area contributed by atoms with Crippen molar-refractivity contribution in [3.63, 3.8) is 0 Å². The highest BCUT2D eigenvalue weighted by atomic mass is 32.2. The number of amides is 3. The minimum absolute atomic E-state index is 0.0726. The van der Waals surface area contributed by atoms with Crippen LogP contribution in [0.2, 0.25) is 0 Å². The Labute approximate surface area is 166 Å². The van der Waals surface area contributed by atoms with Gasteiger partial charge < -0.3 is 5.32 Å². The van der Waals surface area contributed by atoms with Crippen LogP contribution in [0.1, 0.15) is 16.0 Å². The molecule has 3 amide bonds. The number of anilines is 1. The predicted octanol–water partition coefficient (Wildman–Crippen LogP) is 4.75. The minimum atomic E-state index is -4.54. The third-order valence-electron chi connectivity index (χ3n) is 3.81. The molecule has 146 valence electrons. The fourth-order valence-corrected chi connectivity index (χ4v) is 4.16. The van der Waals surface area contributed by atoms with Gasteiger partial charge in [0.25, 0.3) is 11.1 Å². The summed E-state index contributed by atoms with van der Waals surface area (Å²) in [5.74, 6) is -1.38. The molecule has 3 rings (SSSR count). The molecule has 1 fully saturated rings. The van der Waals surface area contributed by atoms with Gasteiger partial charge in [0.1, 0.15) is 6.54 Å². The van der Waals surface area contributed by atoms with E-state index in [4.69, 9.17) is 0 Å². The van der Waals surface area contributed by atoms with Crippen LogP contribution in [0.25, 0.3) is 6.08 Å². The van der Waals surface area contributed by atoms with Crippen LogP contribution in [0, 0.1) is 6.92 Å². The van der Waals surface area contributed by atoms with Gasteiger partial charge in [0, 0.05) is 10.6 Å². The van der Waals surface area contributed by atoms with Crippen LogP contribution in [0.5, 0.6) is 0 Å². The molecule has 0 radical (unpaired) electrons. The number of halogens is 3. The van der Waals surface area contributed by atoms with Gasteiger partial charge in [0.2, 0.25) is 5.91 Å². The van der Waals surface area contributed by atoms with E-state index in [-0.39, 0.29) is 10.6 Å². The fourth-order valence-electron chi connectivity index (χ4n) is 2.41. The molecule has 0 atom stereocenters. The predicted molar refractivity (Wildman–Crippen MR) is 102 cm³/mol. The van der Waals surface area contributed by atoms with E-state index in [1.165, 1.54) is 17.4 Å². The smallest absolute Gasteiger partial charge is 0.325 e. The number of alkyl halides is 3. The molecular formula is C18H13F3N2O3S2. The van der Waals surface area contributed by atoms with Gasteiger partial charge in [0.15, 0.2) is 0 Å². The van der Waals surface area contributed by atoms with Crippen molar-refractivity contribution >= 4 is 51.9 Å². The highest BCUT2D eigenvalue weighted by molar-refractivity contribution is 8.18. The van der Waals surface area contributed by atoms with E-state index in [1.807, 2.05) is 18.4 Å². The number of imide groups is 1. The molecule has 1 aromatic carbocycles. The van der Waals surface area contributed by atoms with Crippen LogP contribution in [0.3, 0.4) is 0 Å². The zero-order chi connectivity index (χ0) is 20.5. The average Bonchev–Trinajstić information content (AvgIpc) is 3.13. The van der Waals surface area contributed by atoms with Crippen molar-refractivity contribution in [1.29, 1.82) is 0 Å². The summed E-state index contributed by atoms with van der Waals surface area (Å²) in [6.07, 6.45) is -2.95. The molecule has 1 N–H and O–H groups in total. The van der Waals surface area contributed by atoms with E-state index in [9.17, 15) is 27.6 Å². The van der Waals surface area contributed by atoms with Crippen molar-refractivity contribution in [2.45, 2.75) is 13.1 Å². The Kier molecular flexibility index (Phi) is 5.61. The number of rotatable bonds is 4. The van der Waals surface area contributed by atoms with E-state index >= 15 is 0 Å². The van der Waals surface area contributed by atoms with Crippen LogP contribution >= 0.6 is 23.1 Å². The number of carbonyl (C=O) groups is 3. The Hall–Kier alpha value is -2.59. The molecule has 2 heterocycles. The normalized spacial score (nSPS) is 16.1. The highest BCUT2D eigenvalue weighted by Gasteiger charge is 2.36. The van der Waals surface area contributed by atoms with Gasteiger partial charge in [-0.2, -0.15) is 13.2 Å². The van der Waals surface area contributed by atoms with Crippen molar-refractivity contribution in [3.05, 3.63) is 56.6 Å². The Morgan fingerprint density at radius 2 is 2.00 bits per heavy atom. The molecule has 0 saturated carbocycles. The lowest BCUT2D eigenvalue weighted by atomic mass is 10.2. The molecule has 28 heavy (non-hydrogen) atoms. The number of nitrogens with one attached hydrogen (secondary N) is 1. The number of thiophene rings is 1. The lowest BCUT2D eigenvalue weighted by Crippen LogP contribution is -2.36. The Bertz CT molecular complexity index is 982. The Morgan fingerprint density at radius 1 is 1.25 bits per heavy atom. The first-order chi connectivity index (χ1) is 13.1. The monoisotopic (exact) mass is 426 g/mol. The molecule has 1 saturated heterocycles. The number of benzene rings is 1. The van der Waals surface area contributed by atoms with Crippen LogP contribution in [-0.2, 0) is 15.8 Å². The minimum Gasteiger partial charge on any atom is -0.325 e. The molecule has 1 aromatic heterocycles. The molecule has 0 unspecified atom stereocenters. The molecular weight excluding hydrogens is 413 g/mol. The summed E-state index contributed by atoms with van der Waals surface area (Å²) >= 11 is 2.14. The number of thioether (sulfide) groups is 1. The summed E-state index contributed by atoms with van der Waals surface area (Å²) in [5, 5.41) is 3.53. The first-order valence-electron chi connectivity index (χ1n) is 7.92. The van der Waals surface area contributed by atoms with Gasteiger partial charge in [-0.3, -0.25) is 19.3 Å². The summed E-state index contributed by atoms with van der Waals surface area (Å²) in [7, 11) is 0. The molecule has 5 nitrogen and oxygen atoms in total. The van der Waals surface area contributed by atoms with E-state index in [0.717, 1.165) is 45.3 Å². The maximum Gasteiger partial charge on any atom is 0.416 e. The maximum atomic E-state index is 12.7. The van der Waals surface area contributed by atoms with Gasteiger partial charge in [-0.1, -0.05) is 6.07 Å². The molecule has 0 bridgehead atoms. The maximum absolute atomic E-state index is 12.7. The molecule has 2 aromatic rings. The largest absolute Gasteiger partial charge is 0.416 e. The van der Waals surface area contributed by atoms with Crippen LogP contribution in [0.15, 0.2) is 40.6 Å². The number of hydrogen-bond acceptors (Lipinski definition) is 5. The van der Waals surface area contributed by atoms with E-state index in [0.29, 0.717) is 0 Å². The molecule has 1 aliphatic heterocycles. The van der Waals surface area contributed by atoms with Crippen molar-refractivity contribution in [2.24, 2.45) is 0 Å². The summed E-state index contributed by atoms with van der Waals surface area (Å²) in [4.78, 5) is 38.4. The summed E-state index contributed by atoms with van der Waals surface area (Å²) in [5.41, 5.74) is -0.0265. The zero-order valence-electron chi connectivity index (χ0n) is 14.4. The average molecular weight is 426 g/mol. The van der Waals surface area contributed by atoms with Gasteiger partial charge in [-0.25, -0.2) is 0 Å². The Morgan fingerprint density at radius 3 is 2.64 bits per heavy atom. The van der Waals surface area contributed by atoms with Crippen molar-refractivity contribution < 1.29 is 27.6 Å². The molecule has 0 aliphatic carbocycles. The van der Waals surface area contributed by atoms with Gasteiger partial charge in [0.05, 0.1) is 10.5 Å². The quantitative estimate of drug-likeness (QED) is 0.717. The summed E-state index contributed by atoms with van der Waals surface area (Å²) < 4.78 is 38.2. The van der Waals surface area contributed by atoms with E-state index in [2.05, 4.69) is 5.32 Å². The van der Waals surface area contributed by atoms with E-state index in [1.54, 1.807) is 6.08 Å². The van der Waals surface area contributed by atoms with Crippen LogP contribution in [0.4, 0.5) is 23.7 Å². The van der Waals surface area contributed by atoms with E-state index < -0.39 is 35.3 Å². The van der Waals surface area contributed by atoms with Gasteiger partial charge >= 0.3 is 6.18 Å². The van der Waals surface area contributed by atoms with Crippen molar-refractivity contribution in [3.8, 4) is 0 Å². The van der Waals surface area contributed by atoms with Gasteiger partial charge in [-0.15, -0.1) is 11.3 Å². The van der Waals surface area contributed by atoms with Crippen LogP contribution in [-0.4, -0.2) is 28.5 Å². The number of hydrogen-bond donors (Lipinski definition) is 1.